The van der Waals surface area contributed by atoms with E-state index in [2.05, 4.69) is 33.2 Å². The SMILES string of the molecule is CCCC1CC1Nc1ncc(Cl)cc1Br. The second-order valence-corrected chi connectivity index (χ2v) is 5.31. The standard InChI is InChI=1S/C11H14BrClN2/c1-2-3-7-4-10(7)15-11-9(12)5-8(13)6-14-11/h5-7,10H,2-4H2,1H3,(H,14,15). The molecule has 82 valence electrons. The quantitative estimate of drug-likeness (QED) is 0.903. The summed E-state index contributed by atoms with van der Waals surface area (Å²) >= 11 is 9.28. The van der Waals surface area contributed by atoms with Crippen LogP contribution < -0.4 is 5.32 Å². The zero-order chi connectivity index (χ0) is 10.8. The molecule has 0 aliphatic heterocycles. The van der Waals surface area contributed by atoms with Gasteiger partial charge >= 0.3 is 0 Å². The minimum absolute atomic E-state index is 0.606. The lowest BCUT2D eigenvalue weighted by molar-refractivity contribution is 0.692. The summed E-state index contributed by atoms with van der Waals surface area (Å²) in [5.74, 6) is 1.74. The van der Waals surface area contributed by atoms with Crippen molar-refractivity contribution < 1.29 is 0 Å². The maximum Gasteiger partial charge on any atom is 0.140 e. The molecular formula is C11H14BrClN2. The van der Waals surface area contributed by atoms with Crippen LogP contribution in [0.2, 0.25) is 5.02 Å². The predicted octanol–water partition coefficient (Wildman–Crippen LogP) is 4.10. The summed E-state index contributed by atoms with van der Waals surface area (Å²) in [6.45, 7) is 2.23. The molecule has 1 heterocycles. The van der Waals surface area contributed by atoms with Crippen LogP contribution in [0.5, 0.6) is 0 Å². The summed E-state index contributed by atoms with van der Waals surface area (Å²) in [5, 5.41) is 4.09. The number of nitrogens with one attached hydrogen (secondary N) is 1. The van der Waals surface area contributed by atoms with Crippen molar-refractivity contribution in [3.05, 3.63) is 21.8 Å². The highest BCUT2D eigenvalue weighted by molar-refractivity contribution is 9.10. The molecule has 0 saturated heterocycles. The normalized spacial score (nSPS) is 23.9. The van der Waals surface area contributed by atoms with Gasteiger partial charge in [-0.1, -0.05) is 24.9 Å². The second kappa shape index (κ2) is 4.71. The molecule has 2 rings (SSSR count). The fourth-order valence-electron chi connectivity index (χ4n) is 1.81. The molecule has 1 aromatic heterocycles. The lowest BCUT2D eigenvalue weighted by Crippen LogP contribution is -2.06. The van der Waals surface area contributed by atoms with Crippen LogP contribution in [0.4, 0.5) is 5.82 Å². The molecule has 2 atom stereocenters. The van der Waals surface area contributed by atoms with Crippen LogP contribution in [-0.2, 0) is 0 Å². The number of hydrogen-bond acceptors (Lipinski definition) is 2. The van der Waals surface area contributed by atoms with E-state index in [0.717, 1.165) is 16.2 Å². The molecule has 0 bridgehead atoms. The Labute approximate surface area is 104 Å². The fraction of sp³-hybridized carbons (Fsp3) is 0.545. The molecule has 0 amide bonds. The molecule has 1 aromatic rings. The van der Waals surface area contributed by atoms with Gasteiger partial charge in [-0.05, 0) is 40.8 Å². The first-order valence-corrected chi connectivity index (χ1v) is 6.45. The second-order valence-electron chi connectivity index (χ2n) is 4.02. The van der Waals surface area contributed by atoms with Crippen LogP contribution in [0, 0.1) is 5.92 Å². The number of pyridine rings is 1. The third-order valence-corrected chi connectivity index (χ3v) is 3.52. The van der Waals surface area contributed by atoms with E-state index >= 15 is 0 Å². The highest BCUT2D eigenvalue weighted by atomic mass is 79.9. The van der Waals surface area contributed by atoms with Gasteiger partial charge in [-0.3, -0.25) is 0 Å². The molecule has 1 aliphatic rings. The Morgan fingerprint density at radius 1 is 1.67 bits per heavy atom. The highest BCUT2D eigenvalue weighted by Gasteiger charge is 2.36. The van der Waals surface area contributed by atoms with Gasteiger partial charge < -0.3 is 5.32 Å². The van der Waals surface area contributed by atoms with Crippen molar-refractivity contribution in [3.63, 3.8) is 0 Å². The number of nitrogens with zero attached hydrogens (tertiary/aromatic N) is 1. The van der Waals surface area contributed by atoms with Crippen LogP contribution in [0.25, 0.3) is 0 Å². The van der Waals surface area contributed by atoms with Gasteiger partial charge in [0.25, 0.3) is 0 Å². The molecule has 1 fully saturated rings. The van der Waals surface area contributed by atoms with Crippen molar-refractivity contribution in [1.82, 2.24) is 4.98 Å². The van der Waals surface area contributed by atoms with Crippen LogP contribution in [0.1, 0.15) is 26.2 Å². The first kappa shape index (κ1) is 11.2. The summed E-state index contributed by atoms with van der Waals surface area (Å²) in [6.07, 6.45) is 5.51. The lowest BCUT2D eigenvalue weighted by atomic mass is 10.2. The maximum atomic E-state index is 5.83. The molecule has 1 saturated carbocycles. The third-order valence-electron chi connectivity index (χ3n) is 2.71. The number of aromatic nitrogens is 1. The highest BCUT2D eigenvalue weighted by Crippen LogP contribution is 2.38. The van der Waals surface area contributed by atoms with E-state index in [9.17, 15) is 0 Å². The van der Waals surface area contributed by atoms with E-state index in [1.807, 2.05) is 6.07 Å². The van der Waals surface area contributed by atoms with Crippen molar-refractivity contribution in [2.24, 2.45) is 5.92 Å². The number of anilines is 1. The fourth-order valence-corrected chi connectivity index (χ4v) is 2.56. The molecule has 0 spiro atoms. The van der Waals surface area contributed by atoms with Crippen LogP contribution in [-0.4, -0.2) is 11.0 Å². The monoisotopic (exact) mass is 288 g/mol. The number of rotatable bonds is 4. The summed E-state index contributed by atoms with van der Waals surface area (Å²) < 4.78 is 0.942. The molecule has 15 heavy (non-hydrogen) atoms. The Balaban J connectivity index is 1.95. The van der Waals surface area contributed by atoms with Crippen molar-refractivity contribution in [2.45, 2.75) is 32.2 Å². The van der Waals surface area contributed by atoms with E-state index < -0.39 is 0 Å². The van der Waals surface area contributed by atoms with Crippen molar-refractivity contribution in [3.8, 4) is 0 Å². The van der Waals surface area contributed by atoms with E-state index in [1.165, 1.54) is 19.3 Å². The van der Waals surface area contributed by atoms with Gasteiger partial charge in [0.15, 0.2) is 0 Å². The van der Waals surface area contributed by atoms with E-state index in [-0.39, 0.29) is 0 Å². The maximum absolute atomic E-state index is 5.83. The topological polar surface area (TPSA) is 24.9 Å². The largest absolute Gasteiger partial charge is 0.366 e. The Morgan fingerprint density at radius 3 is 3.13 bits per heavy atom. The van der Waals surface area contributed by atoms with Gasteiger partial charge in [0.2, 0.25) is 0 Å². The summed E-state index contributed by atoms with van der Waals surface area (Å²) in [5.41, 5.74) is 0. The predicted molar refractivity (Wildman–Crippen MR) is 67.4 cm³/mol. The first-order valence-electron chi connectivity index (χ1n) is 5.28. The average molecular weight is 290 g/mol. The number of hydrogen-bond donors (Lipinski definition) is 1. The van der Waals surface area contributed by atoms with Gasteiger partial charge in [-0.2, -0.15) is 0 Å². The van der Waals surface area contributed by atoms with E-state index in [4.69, 9.17) is 11.6 Å². The van der Waals surface area contributed by atoms with Crippen LogP contribution >= 0.6 is 27.5 Å². The van der Waals surface area contributed by atoms with Crippen LogP contribution in [0.15, 0.2) is 16.7 Å². The van der Waals surface area contributed by atoms with Crippen molar-refractivity contribution in [2.75, 3.05) is 5.32 Å². The molecule has 2 nitrogen and oxygen atoms in total. The molecule has 1 N–H and O–H groups in total. The number of halogens is 2. The Kier molecular flexibility index (Phi) is 3.52. The van der Waals surface area contributed by atoms with Crippen molar-refractivity contribution >= 4 is 33.3 Å². The molecule has 1 aliphatic carbocycles. The first-order chi connectivity index (χ1) is 7.20. The zero-order valence-electron chi connectivity index (χ0n) is 8.63. The summed E-state index contributed by atoms with van der Waals surface area (Å²) in [7, 11) is 0. The Morgan fingerprint density at radius 2 is 2.47 bits per heavy atom. The minimum Gasteiger partial charge on any atom is -0.366 e. The Hall–Kier alpha value is -0.280. The van der Waals surface area contributed by atoms with E-state index in [0.29, 0.717) is 11.1 Å². The van der Waals surface area contributed by atoms with Gasteiger partial charge in [0.05, 0.1) is 9.50 Å². The zero-order valence-corrected chi connectivity index (χ0v) is 11.0. The lowest BCUT2D eigenvalue weighted by Gasteiger charge is -2.06. The Bertz CT molecular complexity index is 356. The van der Waals surface area contributed by atoms with Gasteiger partial charge in [0, 0.05) is 12.2 Å². The van der Waals surface area contributed by atoms with Crippen molar-refractivity contribution in [1.29, 1.82) is 0 Å². The van der Waals surface area contributed by atoms with E-state index in [1.54, 1.807) is 6.20 Å². The molecule has 4 heteroatoms. The molecule has 0 aromatic carbocycles. The third kappa shape index (κ3) is 2.85. The molecule has 2 unspecified atom stereocenters. The van der Waals surface area contributed by atoms with Crippen LogP contribution in [0.3, 0.4) is 0 Å². The molecule has 0 radical (unpaired) electrons. The summed E-state index contributed by atoms with van der Waals surface area (Å²) in [6, 6.07) is 2.48. The van der Waals surface area contributed by atoms with Gasteiger partial charge in [-0.15, -0.1) is 0 Å². The van der Waals surface area contributed by atoms with Gasteiger partial charge in [-0.25, -0.2) is 4.98 Å². The average Bonchev–Trinajstić information content (AvgIpc) is 2.90. The minimum atomic E-state index is 0.606. The summed E-state index contributed by atoms with van der Waals surface area (Å²) in [4.78, 5) is 4.26. The molecular weight excluding hydrogens is 275 g/mol. The van der Waals surface area contributed by atoms with Gasteiger partial charge in [0.1, 0.15) is 5.82 Å². The smallest absolute Gasteiger partial charge is 0.140 e.